The van der Waals surface area contributed by atoms with Gasteiger partial charge in [0.05, 0.1) is 0 Å². The number of rotatable bonds is 0. The predicted molar refractivity (Wildman–Crippen MR) is 54.1 cm³/mol. The summed E-state index contributed by atoms with van der Waals surface area (Å²) in [7, 11) is 4.00. The van der Waals surface area contributed by atoms with Gasteiger partial charge in [-0.1, -0.05) is 0 Å². The Bertz CT molecular complexity index is 84.6. The first kappa shape index (κ1) is 7.51. The lowest BCUT2D eigenvalue weighted by Gasteiger charge is -2.53. The lowest BCUT2D eigenvalue weighted by atomic mass is 11.9. The second kappa shape index (κ2) is 1.94. The van der Waals surface area contributed by atoms with Crippen LogP contribution in [0.5, 0.6) is 0 Å². The third-order valence-electron chi connectivity index (χ3n) is 0.655. The minimum Gasteiger partial charge on any atom is -0.131 e. The molecule has 1 fully saturated rings. The van der Waals surface area contributed by atoms with Crippen molar-refractivity contribution in [3.05, 3.63) is 0 Å². The van der Waals surface area contributed by atoms with Crippen molar-refractivity contribution in [1.82, 2.24) is 0 Å². The largest absolute Gasteiger partial charge is 0.131 e. The van der Waals surface area contributed by atoms with E-state index in [9.17, 15) is 0 Å². The molecule has 0 atom stereocenters. The van der Waals surface area contributed by atoms with Crippen LogP contribution in [0.15, 0.2) is 0 Å². The number of hydrogen-bond acceptors (Lipinski definition) is 2. The van der Waals surface area contributed by atoms with E-state index in [-0.39, 0.29) is 16.2 Å². The van der Waals surface area contributed by atoms with Crippen molar-refractivity contribution in [3.63, 3.8) is 0 Å². The van der Waals surface area contributed by atoms with Crippen molar-refractivity contribution in [3.8, 4) is 0 Å². The van der Waals surface area contributed by atoms with Gasteiger partial charge in [0.2, 0.25) is 0 Å². The van der Waals surface area contributed by atoms with Gasteiger partial charge >= 0.3 is 0 Å². The average Bonchev–Trinajstić information content (AvgIpc) is 1.20. The zero-order valence-electron chi connectivity index (χ0n) is 5.63. The summed E-state index contributed by atoms with van der Waals surface area (Å²) in [5.41, 5.74) is 0. The highest BCUT2D eigenvalue weighted by molar-refractivity contribution is 9.74. The molecule has 52 valence electrons. The van der Waals surface area contributed by atoms with Crippen molar-refractivity contribution in [2.75, 3.05) is 25.0 Å². The first-order chi connectivity index (χ1) is 3.41. The van der Waals surface area contributed by atoms with E-state index in [0.717, 1.165) is 0 Å². The summed E-state index contributed by atoms with van der Waals surface area (Å²) >= 11 is 0. The van der Waals surface area contributed by atoms with Gasteiger partial charge in [-0.25, -0.2) is 0 Å². The van der Waals surface area contributed by atoms with Crippen LogP contribution in [0.3, 0.4) is 0 Å². The van der Waals surface area contributed by atoms with Crippen molar-refractivity contribution in [2.45, 2.75) is 0 Å². The van der Waals surface area contributed by atoms with Gasteiger partial charge in [0.1, 0.15) is 0 Å². The third-order valence-corrected chi connectivity index (χ3v) is 23.7. The van der Waals surface area contributed by atoms with E-state index in [1.54, 1.807) is 0 Å². The summed E-state index contributed by atoms with van der Waals surface area (Å²) in [4.78, 5) is 0. The van der Waals surface area contributed by atoms with Crippen LogP contribution in [-0.4, -0.2) is 25.0 Å². The molecule has 1 aliphatic rings. The monoisotopic (exact) mass is 188 g/mol. The molecule has 0 N–H and O–H groups in total. The fourth-order valence-electron chi connectivity index (χ4n) is 0.794. The summed E-state index contributed by atoms with van der Waals surface area (Å²) in [5.74, 6) is 0. The fourth-order valence-corrected chi connectivity index (χ4v) is 34.9. The van der Waals surface area contributed by atoms with Crippen LogP contribution in [0, 0.1) is 0 Å². The minimum atomic E-state index is -0.219. The molecule has 0 unspecified atom stereocenters. The summed E-state index contributed by atoms with van der Waals surface area (Å²) in [5, 5.41) is 0. The van der Waals surface area contributed by atoms with Gasteiger partial charge < -0.3 is 0 Å². The zero-order chi connectivity index (χ0) is 6.41. The topological polar surface area (TPSA) is 0 Å². The van der Waals surface area contributed by atoms with Gasteiger partial charge in [0.25, 0.3) is 0 Å². The maximum Gasteiger partial charge on any atom is -0.0157 e. The fraction of sp³-hybridized carbons (Fsp3) is 1.00. The molecule has 0 saturated carbocycles. The second-order valence-electron chi connectivity index (χ2n) is 2.42. The van der Waals surface area contributed by atoms with Crippen LogP contribution >= 0.6 is 35.8 Å². The maximum absolute atomic E-state index is 2.38. The van der Waals surface area contributed by atoms with E-state index in [0.29, 0.717) is 0 Å². The summed E-state index contributed by atoms with van der Waals surface area (Å²) in [6.07, 6.45) is 9.50. The highest BCUT2D eigenvalue weighted by Crippen LogP contribution is 2.99. The zero-order valence-corrected chi connectivity index (χ0v) is 8.90. The molecule has 0 nitrogen and oxygen atoms in total. The van der Waals surface area contributed by atoms with E-state index >= 15 is 0 Å². The number of hydrogen-bond donors (Lipinski definition) is 0. The molecule has 0 aromatic rings. The lowest BCUT2D eigenvalue weighted by molar-refractivity contribution is 2.31. The Morgan fingerprint density at radius 2 is 1.00 bits per heavy atom. The molecule has 1 rings (SSSR count). The van der Waals surface area contributed by atoms with Crippen LogP contribution in [0.2, 0.25) is 0 Å². The smallest absolute Gasteiger partial charge is 0.0157 e. The van der Waals surface area contributed by atoms with Gasteiger partial charge in [-0.15, -0.1) is 16.2 Å². The van der Waals surface area contributed by atoms with E-state index in [2.05, 4.69) is 44.7 Å². The first-order valence-electron chi connectivity index (χ1n) is 2.30. The summed E-state index contributed by atoms with van der Waals surface area (Å²) in [6.45, 7) is 0. The highest BCUT2D eigenvalue weighted by Gasteiger charge is 2.37. The van der Waals surface area contributed by atoms with Crippen molar-refractivity contribution in [1.29, 1.82) is 0 Å². The predicted octanol–water partition coefficient (Wildman–Crippen LogP) is 3.25. The van der Waals surface area contributed by atoms with Crippen molar-refractivity contribution in [2.24, 2.45) is 0 Å². The van der Waals surface area contributed by atoms with Gasteiger partial charge in [-0.05, 0) is 44.7 Å². The van der Waals surface area contributed by atoms with E-state index in [1.807, 2.05) is 0 Å². The van der Waals surface area contributed by atoms with Crippen LogP contribution < -0.4 is 0 Å². The highest BCUT2D eigenvalue weighted by atomic mass is 34.1. The first-order valence-corrected chi connectivity index (χ1v) is 10.9. The average molecular weight is 188 g/mol. The Balaban J connectivity index is 2.42. The SMILES string of the molecule is CS1(C)SS(C)(C)S1. The molecule has 0 aromatic heterocycles. The minimum absolute atomic E-state index is 0.219. The molecule has 0 aromatic carbocycles. The normalized spacial score (nSPS) is 39.5. The van der Waals surface area contributed by atoms with E-state index in [1.165, 1.54) is 0 Å². The van der Waals surface area contributed by atoms with Gasteiger partial charge in [0.15, 0.2) is 0 Å². The van der Waals surface area contributed by atoms with Crippen molar-refractivity contribution >= 4 is 35.8 Å². The Hall–Kier alpha value is 1.40. The standard InChI is InChI=1S/C4H12S4/c1-7(2)5-8(3,4)6-7/h1-4H3. The Morgan fingerprint density at radius 1 is 0.750 bits per heavy atom. The third kappa shape index (κ3) is 1.69. The molecule has 0 bridgehead atoms. The molecule has 0 spiro atoms. The van der Waals surface area contributed by atoms with Crippen molar-refractivity contribution < 1.29 is 0 Å². The molecule has 0 amide bonds. The van der Waals surface area contributed by atoms with Crippen LogP contribution in [0.25, 0.3) is 0 Å². The van der Waals surface area contributed by atoms with Crippen LogP contribution in [0.4, 0.5) is 0 Å². The van der Waals surface area contributed by atoms with Gasteiger partial charge in [-0.3, -0.25) is 0 Å². The summed E-state index contributed by atoms with van der Waals surface area (Å²) in [6, 6.07) is 0. The van der Waals surface area contributed by atoms with Gasteiger partial charge in [0, 0.05) is 0 Å². The van der Waals surface area contributed by atoms with Gasteiger partial charge in [-0.2, -0.15) is 0 Å². The second-order valence-corrected chi connectivity index (χ2v) is 21.8. The Kier molecular flexibility index (Phi) is 1.82. The lowest BCUT2D eigenvalue weighted by Crippen LogP contribution is -1.99. The quantitative estimate of drug-likeness (QED) is 0.535. The van der Waals surface area contributed by atoms with Crippen LogP contribution in [0.1, 0.15) is 0 Å². The van der Waals surface area contributed by atoms with Crippen LogP contribution in [-0.2, 0) is 0 Å². The van der Waals surface area contributed by atoms with E-state index in [4.69, 9.17) is 0 Å². The molecular weight excluding hydrogens is 176 g/mol. The summed E-state index contributed by atoms with van der Waals surface area (Å²) < 4.78 is 0. The van der Waals surface area contributed by atoms with E-state index < -0.39 is 0 Å². The molecule has 8 heavy (non-hydrogen) atoms. The maximum atomic E-state index is 2.38. The molecule has 4 heteroatoms. The molecule has 0 radical (unpaired) electrons. The Labute approximate surface area is 60.8 Å². The molecule has 0 aliphatic carbocycles. The molecule has 1 aliphatic heterocycles. The molecular formula is C4H12S4. The Morgan fingerprint density at radius 3 is 1.00 bits per heavy atom. The molecule has 1 heterocycles. The molecule has 1 saturated heterocycles.